The molecule has 1 aliphatic carbocycles. The Balaban J connectivity index is 2.08. The number of carboxylic acids is 1. The average Bonchev–Trinajstić information content (AvgIpc) is 3.00. The maximum atomic E-state index is 12.3. The quantitative estimate of drug-likeness (QED) is 0.874. The summed E-state index contributed by atoms with van der Waals surface area (Å²) >= 11 is 1.43. The fraction of sp³-hybridized carbons (Fsp3) is 0.500. The van der Waals surface area contributed by atoms with Crippen LogP contribution in [0.25, 0.3) is 0 Å². The fourth-order valence-corrected chi connectivity index (χ4v) is 2.65. The number of amides is 1. The van der Waals surface area contributed by atoms with Gasteiger partial charge in [-0.2, -0.15) is 0 Å². The molecule has 1 N–H and O–H groups in total. The molecule has 0 saturated heterocycles. The lowest BCUT2D eigenvalue weighted by Crippen LogP contribution is -2.34. The van der Waals surface area contributed by atoms with Gasteiger partial charge in [0.25, 0.3) is 5.91 Å². The van der Waals surface area contributed by atoms with Crippen molar-refractivity contribution >= 4 is 23.2 Å². The number of aryl methyl sites for hydroxylation is 1. The SMILES string of the molecule is Cc1ccsc1C(=O)N(CCC(=O)O)C1CC1. The Morgan fingerprint density at radius 2 is 2.24 bits per heavy atom. The molecule has 0 spiro atoms. The summed E-state index contributed by atoms with van der Waals surface area (Å²) in [5.74, 6) is -0.868. The molecule has 1 fully saturated rings. The van der Waals surface area contributed by atoms with Crippen LogP contribution in [0, 0.1) is 6.92 Å². The van der Waals surface area contributed by atoms with Crippen molar-refractivity contribution in [2.75, 3.05) is 6.54 Å². The molecule has 1 aromatic rings. The first kappa shape index (κ1) is 12.1. The monoisotopic (exact) mass is 253 g/mol. The summed E-state index contributed by atoms with van der Waals surface area (Å²) in [5.41, 5.74) is 0.973. The zero-order valence-electron chi connectivity index (χ0n) is 9.68. The maximum absolute atomic E-state index is 12.3. The van der Waals surface area contributed by atoms with E-state index in [0.29, 0.717) is 6.54 Å². The van der Waals surface area contributed by atoms with E-state index in [1.807, 2.05) is 18.4 Å². The smallest absolute Gasteiger partial charge is 0.305 e. The van der Waals surface area contributed by atoms with Crippen LogP contribution in [0.4, 0.5) is 0 Å². The van der Waals surface area contributed by atoms with E-state index in [1.165, 1.54) is 11.3 Å². The summed E-state index contributed by atoms with van der Waals surface area (Å²) in [6, 6.07) is 2.17. The van der Waals surface area contributed by atoms with Crippen molar-refractivity contribution in [2.45, 2.75) is 32.2 Å². The number of rotatable bonds is 5. The minimum Gasteiger partial charge on any atom is -0.481 e. The molecule has 0 bridgehead atoms. The summed E-state index contributed by atoms with van der Waals surface area (Å²) in [6.45, 7) is 2.22. The largest absolute Gasteiger partial charge is 0.481 e. The van der Waals surface area contributed by atoms with Crippen LogP contribution in [0.1, 0.15) is 34.5 Å². The third-order valence-corrected chi connectivity index (χ3v) is 3.88. The Kier molecular flexibility index (Phi) is 3.47. The van der Waals surface area contributed by atoms with E-state index in [0.717, 1.165) is 23.3 Å². The van der Waals surface area contributed by atoms with Gasteiger partial charge in [0.15, 0.2) is 0 Å². The number of hydrogen-bond donors (Lipinski definition) is 1. The van der Waals surface area contributed by atoms with E-state index in [1.54, 1.807) is 4.90 Å². The van der Waals surface area contributed by atoms with E-state index < -0.39 is 5.97 Å². The van der Waals surface area contributed by atoms with Gasteiger partial charge in [-0.25, -0.2) is 0 Å². The maximum Gasteiger partial charge on any atom is 0.305 e. The van der Waals surface area contributed by atoms with Crippen LogP contribution in [0.5, 0.6) is 0 Å². The van der Waals surface area contributed by atoms with Gasteiger partial charge in [0.05, 0.1) is 11.3 Å². The molecule has 0 aliphatic heterocycles. The van der Waals surface area contributed by atoms with Gasteiger partial charge in [0.1, 0.15) is 0 Å². The molecule has 17 heavy (non-hydrogen) atoms. The minimum absolute atomic E-state index is 0.0127. The van der Waals surface area contributed by atoms with Crippen molar-refractivity contribution in [1.29, 1.82) is 0 Å². The number of aliphatic carboxylic acids is 1. The highest BCUT2D eigenvalue weighted by Gasteiger charge is 2.33. The molecule has 1 amide bonds. The first-order valence-electron chi connectivity index (χ1n) is 5.66. The number of thiophene rings is 1. The minimum atomic E-state index is -0.855. The van der Waals surface area contributed by atoms with Crippen LogP contribution in [-0.4, -0.2) is 34.5 Å². The van der Waals surface area contributed by atoms with Gasteiger partial charge in [-0.1, -0.05) is 0 Å². The zero-order valence-corrected chi connectivity index (χ0v) is 10.5. The van der Waals surface area contributed by atoms with Crippen LogP contribution in [0.15, 0.2) is 11.4 Å². The van der Waals surface area contributed by atoms with Crippen LogP contribution >= 0.6 is 11.3 Å². The van der Waals surface area contributed by atoms with E-state index in [9.17, 15) is 9.59 Å². The summed E-state index contributed by atoms with van der Waals surface area (Å²) in [7, 11) is 0. The van der Waals surface area contributed by atoms with Gasteiger partial charge in [-0.15, -0.1) is 11.3 Å². The van der Waals surface area contributed by atoms with Crippen molar-refractivity contribution in [1.82, 2.24) is 4.90 Å². The summed E-state index contributed by atoms with van der Waals surface area (Å²) in [4.78, 5) is 25.3. The molecule has 0 unspecified atom stereocenters. The molecule has 1 heterocycles. The Morgan fingerprint density at radius 3 is 2.71 bits per heavy atom. The van der Waals surface area contributed by atoms with E-state index in [4.69, 9.17) is 5.11 Å². The summed E-state index contributed by atoms with van der Waals surface area (Å²) in [6.07, 6.45) is 2.01. The lowest BCUT2D eigenvalue weighted by Gasteiger charge is -2.21. The van der Waals surface area contributed by atoms with Crippen molar-refractivity contribution in [3.05, 3.63) is 21.9 Å². The standard InChI is InChI=1S/C12H15NO3S/c1-8-5-7-17-11(8)12(16)13(9-2-3-9)6-4-10(14)15/h5,7,9H,2-4,6H2,1H3,(H,14,15). The molecular weight excluding hydrogens is 238 g/mol. The average molecular weight is 253 g/mol. The third-order valence-electron chi connectivity index (χ3n) is 2.87. The number of hydrogen-bond acceptors (Lipinski definition) is 3. The molecule has 0 atom stereocenters. The number of carbonyl (C=O) groups is 2. The number of carboxylic acid groups (broad SMARTS) is 1. The van der Waals surface area contributed by atoms with Crippen molar-refractivity contribution < 1.29 is 14.7 Å². The predicted octanol–water partition coefficient (Wildman–Crippen LogP) is 2.14. The number of carbonyl (C=O) groups excluding carboxylic acids is 1. The molecule has 1 aliphatic rings. The molecule has 92 valence electrons. The Hall–Kier alpha value is -1.36. The van der Waals surface area contributed by atoms with Crippen molar-refractivity contribution in [3.8, 4) is 0 Å². The second-order valence-electron chi connectivity index (χ2n) is 4.31. The third kappa shape index (κ3) is 2.85. The first-order chi connectivity index (χ1) is 8.09. The normalized spacial score (nSPS) is 14.6. The fourth-order valence-electron chi connectivity index (χ4n) is 1.77. The van der Waals surface area contributed by atoms with Gasteiger partial charge in [-0.05, 0) is 36.8 Å². The molecule has 2 rings (SSSR count). The highest BCUT2D eigenvalue weighted by Crippen LogP contribution is 2.30. The number of nitrogens with zero attached hydrogens (tertiary/aromatic N) is 1. The molecular formula is C12H15NO3S. The Labute approximate surface area is 104 Å². The molecule has 0 aromatic carbocycles. The lowest BCUT2D eigenvalue weighted by molar-refractivity contribution is -0.137. The summed E-state index contributed by atoms with van der Waals surface area (Å²) < 4.78 is 0. The van der Waals surface area contributed by atoms with Crippen LogP contribution in [0.3, 0.4) is 0 Å². The molecule has 0 radical (unpaired) electrons. The van der Waals surface area contributed by atoms with Crippen molar-refractivity contribution in [2.24, 2.45) is 0 Å². The van der Waals surface area contributed by atoms with E-state index >= 15 is 0 Å². The van der Waals surface area contributed by atoms with Gasteiger partial charge < -0.3 is 10.0 Å². The Morgan fingerprint density at radius 1 is 1.53 bits per heavy atom. The molecule has 5 heteroatoms. The van der Waals surface area contributed by atoms with Gasteiger partial charge >= 0.3 is 5.97 Å². The van der Waals surface area contributed by atoms with Gasteiger partial charge in [0.2, 0.25) is 0 Å². The zero-order chi connectivity index (χ0) is 12.4. The predicted molar refractivity (Wildman–Crippen MR) is 65.4 cm³/mol. The highest BCUT2D eigenvalue weighted by molar-refractivity contribution is 7.12. The van der Waals surface area contributed by atoms with E-state index in [-0.39, 0.29) is 18.4 Å². The summed E-state index contributed by atoms with van der Waals surface area (Å²) in [5, 5.41) is 10.6. The van der Waals surface area contributed by atoms with Crippen LogP contribution in [-0.2, 0) is 4.79 Å². The first-order valence-corrected chi connectivity index (χ1v) is 6.54. The Bertz CT molecular complexity index is 437. The van der Waals surface area contributed by atoms with Crippen LogP contribution in [0.2, 0.25) is 0 Å². The second kappa shape index (κ2) is 4.87. The van der Waals surface area contributed by atoms with Gasteiger partial charge in [-0.3, -0.25) is 9.59 Å². The van der Waals surface area contributed by atoms with E-state index in [2.05, 4.69) is 0 Å². The lowest BCUT2D eigenvalue weighted by atomic mass is 10.2. The second-order valence-corrected chi connectivity index (χ2v) is 5.22. The van der Waals surface area contributed by atoms with Gasteiger partial charge in [0, 0.05) is 12.6 Å². The van der Waals surface area contributed by atoms with Crippen LogP contribution < -0.4 is 0 Å². The highest BCUT2D eigenvalue weighted by atomic mass is 32.1. The molecule has 1 aromatic heterocycles. The molecule has 1 saturated carbocycles. The van der Waals surface area contributed by atoms with Crippen molar-refractivity contribution in [3.63, 3.8) is 0 Å². The topological polar surface area (TPSA) is 57.6 Å². The molecule has 4 nitrogen and oxygen atoms in total.